The molecule has 2 rings (SSSR count). The second kappa shape index (κ2) is 9.56. The Balaban J connectivity index is 2.10. The van der Waals surface area contributed by atoms with Gasteiger partial charge in [0.2, 0.25) is 0 Å². The molecule has 1 heterocycles. The van der Waals surface area contributed by atoms with Gasteiger partial charge in [0.1, 0.15) is 5.75 Å². The van der Waals surface area contributed by atoms with Crippen molar-refractivity contribution in [3.63, 3.8) is 0 Å². The standard InChI is InChI=1S/C19H31NO6S2/c1-14(2)25-11-5-10-20-18-12-27(21,22)13-19(18)28(23,24)17-8-6-16(7-9-17)26-15(3)4/h6-9,14-15,18-20H,5,10-13H2,1-4H3/t18-,19-/m0/s1. The summed E-state index contributed by atoms with van der Waals surface area (Å²) < 4.78 is 61.4. The highest BCUT2D eigenvalue weighted by Crippen LogP contribution is 2.27. The maximum absolute atomic E-state index is 13.1. The predicted molar refractivity (Wildman–Crippen MR) is 109 cm³/mol. The number of ether oxygens (including phenoxy) is 2. The summed E-state index contributed by atoms with van der Waals surface area (Å²) in [5.74, 6) is 0.0452. The lowest BCUT2D eigenvalue weighted by Crippen LogP contribution is -2.43. The van der Waals surface area contributed by atoms with E-state index >= 15 is 0 Å². The minimum atomic E-state index is -3.79. The van der Waals surface area contributed by atoms with E-state index in [-0.39, 0.29) is 28.6 Å². The Hall–Kier alpha value is -1.16. The third kappa shape index (κ3) is 6.43. The van der Waals surface area contributed by atoms with Gasteiger partial charge >= 0.3 is 0 Å². The molecule has 0 aromatic heterocycles. The first-order chi connectivity index (χ1) is 13.0. The molecule has 1 fully saturated rings. The van der Waals surface area contributed by atoms with Crippen molar-refractivity contribution < 1.29 is 26.3 Å². The van der Waals surface area contributed by atoms with Gasteiger partial charge < -0.3 is 14.8 Å². The van der Waals surface area contributed by atoms with Crippen molar-refractivity contribution >= 4 is 19.7 Å². The van der Waals surface area contributed by atoms with Gasteiger partial charge in [-0.05, 0) is 64.9 Å². The zero-order valence-electron chi connectivity index (χ0n) is 16.9. The molecule has 9 heteroatoms. The summed E-state index contributed by atoms with van der Waals surface area (Å²) in [4.78, 5) is 0.112. The van der Waals surface area contributed by atoms with E-state index in [0.717, 1.165) is 0 Å². The zero-order chi connectivity index (χ0) is 20.9. The fourth-order valence-electron chi connectivity index (χ4n) is 3.15. The minimum absolute atomic E-state index is 0.0179. The number of sulfone groups is 2. The van der Waals surface area contributed by atoms with Crippen molar-refractivity contribution in [1.82, 2.24) is 5.32 Å². The molecule has 1 aliphatic rings. The van der Waals surface area contributed by atoms with Gasteiger partial charge in [-0.2, -0.15) is 0 Å². The Kier molecular flexibility index (Phi) is 7.89. The van der Waals surface area contributed by atoms with Crippen LogP contribution in [0.4, 0.5) is 0 Å². The summed E-state index contributed by atoms with van der Waals surface area (Å²) in [5.41, 5.74) is 0. The summed E-state index contributed by atoms with van der Waals surface area (Å²) in [6.45, 7) is 8.69. The first-order valence-electron chi connectivity index (χ1n) is 9.57. The molecule has 0 radical (unpaired) electrons. The molecule has 1 N–H and O–H groups in total. The van der Waals surface area contributed by atoms with Crippen LogP contribution in [0.5, 0.6) is 5.75 Å². The van der Waals surface area contributed by atoms with Crippen molar-refractivity contribution in [2.75, 3.05) is 24.7 Å². The molecule has 0 amide bonds. The lowest BCUT2D eigenvalue weighted by atomic mass is 10.2. The van der Waals surface area contributed by atoms with Crippen LogP contribution in [0.3, 0.4) is 0 Å². The van der Waals surface area contributed by atoms with Crippen molar-refractivity contribution in [3.05, 3.63) is 24.3 Å². The van der Waals surface area contributed by atoms with Gasteiger partial charge in [0.05, 0.1) is 33.9 Å². The summed E-state index contributed by atoms with van der Waals surface area (Å²) in [5, 5.41) is 2.11. The Morgan fingerprint density at radius 3 is 2.29 bits per heavy atom. The smallest absolute Gasteiger partial charge is 0.183 e. The number of nitrogens with one attached hydrogen (secondary N) is 1. The molecule has 1 aromatic carbocycles. The third-order valence-electron chi connectivity index (χ3n) is 4.40. The van der Waals surface area contributed by atoms with Crippen LogP contribution < -0.4 is 10.1 Å². The van der Waals surface area contributed by atoms with Crippen LogP contribution >= 0.6 is 0 Å². The van der Waals surface area contributed by atoms with Gasteiger partial charge in [0.15, 0.2) is 19.7 Å². The molecule has 1 saturated heterocycles. The molecule has 1 aliphatic heterocycles. The second-order valence-electron chi connectivity index (χ2n) is 7.63. The van der Waals surface area contributed by atoms with Crippen molar-refractivity contribution in [2.45, 2.75) is 62.5 Å². The summed E-state index contributed by atoms with van der Waals surface area (Å²) in [6.07, 6.45) is 0.793. The average molecular weight is 434 g/mol. The van der Waals surface area contributed by atoms with Crippen LogP contribution in [0, 0.1) is 0 Å². The van der Waals surface area contributed by atoms with Crippen LogP contribution in [0.25, 0.3) is 0 Å². The van der Waals surface area contributed by atoms with Crippen molar-refractivity contribution in [1.29, 1.82) is 0 Å². The molecule has 2 atom stereocenters. The second-order valence-corrected chi connectivity index (χ2v) is 12.0. The number of hydrogen-bond donors (Lipinski definition) is 1. The van der Waals surface area contributed by atoms with E-state index in [4.69, 9.17) is 9.47 Å². The van der Waals surface area contributed by atoms with E-state index in [0.29, 0.717) is 25.3 Å². The van der Waals surface area contributed by atoms with Gasteiger partial charge in [-0.3, -0.25) is 0 Å². The molecule has 0 aliphatic carbocycles. The Bertz CT molecular complexity index is 832. The van der Waals surface area contributed by atoms with Gasteiger partial charge in [-0.15, -0.1) is 0 Å². The maximum atomic E-state index is 13.1. The maximum Gasteiger partial charge on any atom is 0.183 e. The largest absolute Gasteiger partial charge is 0.491 e. The highest BCUT2D eigenvalue weighted by Gasteiger charge is 2.45. The number of benzene rings is 1. The van der Waals surface area contributed by atoms with Gasteiger partial charge in [-0.1, -0.05) is 0 Å². The lowest BCUT2D eigenvalue weighted by Gasteiger charge is -2.20. The molecule has 0 spiro atoms. The molecule has 160 valence electrons. The highest BCUT2D eigenvalue weighted by atomic mass is 32.2. The first kappa shape index (κ1) is 23.1. The molecule has 7 nitrogen and oxygen atoms in total. The van der Waals surface area contributed by atoms with Crippen LogP contribution in [0.1, 0.15) is 34.1 Å². The van der Waals surface area contributed by atoms with E-state index in [1.165, 1.54) is 12.1 Å². The Morgan fingerprint density at radius 2 is 1.71 bits per heavy atom. The molecule has 28 heavy (non-hydrogen) atoms. The van der Waals surface area contributed by atoms with Crippen LogP contribution in [0.15, 0.2) is 29.2 Å². The topological polar surface area (TPSA) is 98.8 Å². The fraction of sp³-hybridized carbons (Fsp3) is 0.684. The lowest BCUT2D eigenvalue weighted by molar-refractivity contribution is 0.0768. The number of hydrogen-bond acceptors (Lipinski definition) is 7. The summed E-state index contributed by atoms with van der Waals surface area (Å²) >= 11 is 0. The average Bonchev–Trinajstić information content (AvgIpc) is 2.90. The van der Waals surface area contributed by atoms with Crippen LogP contribution in [-0.2, 0) is 24.4 Å². The van der Waals surface area contributed by atoms with Gasteiger partial charge in [-0.25, -0.2) is 16.8 Å². The first-order valence-corrected chi connectivity index (χ1v) is 12.9. The third-order valence-corrected chi connectivity index (χ3v) is 8.57. The van der Waals surface area contributed by atoms with Crippen molar-refractivity contribution in [3.8, 4) is 5.75 Å². The van der Waals surface area contributed by atoms with E-state index in [9.17, 15) is 16.8 Å². The highest BCUT2D eigenvalue weighted by molar-refractivity contribution is 7.96. The molecule has 0 saturated carbocycles. The van der Waals surface area contributed by atoms with Crippen LogP contribution in [0.2, 0.25) is 0 Å². The van der Waals surface area contributed by atoms with Gasteiger partial charge in [0, 0.05) is 12.6 Å². The molecular formula is C19H31NO6S2. The fourth-order valence-corrected chi connectivity index (χ4v) is 7.86. The Morgan fingerprint density at radius 1 is 1.07 bits per heavy atom. The monoisotopic (exact) mass is 433 g/mol. The van der Waals surface area contributed by atoms with E-state index in [1.807, 2.05) is 27.7 Å². The molecule has 0 unspecified atom stereocenters. The zero-order valence-corrected chi connectivity index (χ0v) is 18.6. The summed E-state index contributed by atoms with van der Waals surface area (Å²) in [6, 6.07) is 5.53. The molecular weight excluding hydrogens is 402 g/mol. The molecule has 1 aromatic rings. The predicted octanol–water partition coefficient (Wildman–Crippen LogP) is 1.82. The van der Waals surface area contributed by atoms with E-state index < -0.39 is 31.0 Å². The van der Waals surface area contributed by atoms with Crippen molar-refractivity contribution in [2.24, 2.45) is 0 Å². The SMILES string of the molecule is CC(C)OCCCN[C@H]1CS(=O)(=O)C[C@@H]1S(=O)(=O)c1ccc(OC(C)C)cc1. The number of rotatable bonds is 10. The molecule has 0 bridgehead atoms. The summed E-state index contributed by atoms with van der Waals surface area (Å²) in [7, 11) is -7.20. The normalized spacial score (nSPS) is 22.1. The minimum Gasteiger partial charge on any atom is -0.491 e. The Labute approximate surface area is 168 Å². The quantitative estimate of drug-likeness (QED) is 0.562. The van der Waals surface area contributed by atoms with E-state index in [1.54, 1.807) is 12.1 Å². The van der Waals surface area contributed by atoms with E-state index in [2.05, 4.69) is 5.32 Å². The van der Waals surface area contributed by atoms with Gasteiger partial charge in [0.25, 0.3) is 0 Å². The van der Waals surface area contributed by atoms with Crippen LogP contribution in [-0.4, -0.2) is 65.0 Å².